The molecule has 3 rings (SSSR count). The van der Waals surface area contributed by atoms with Crippen LogP contribution in [-0.4, -0.2) is 11.8 Å². The van der Waals surface area contributed by atoms with Crippen LogP contribution in [0.1, 0.15) is 5.56 Å². The number of rotatable bonds is 4. The van der Waals surface area contributed by atoms with E-state index in [4.69, 9.17) is 4.74 Å². The lowest BCUT2D eigenvalue weighted by Crippen LogP contribution is -2.28. The Morgan fingerprint density at radius 1 is 1.08 bits per heavy atom. The number of aliphatic carboxylic acids is 1. The van der Waals surface area contributed by atoms with Gasteiger partial charge >= 0.3 is 0 Å². The van der Waals surface area contributed by atoms with Crippen molar-refractivity contribution in [3.8, 4) is 0 Å². The molecule has 0 aliphatic carbocycles. The molecule has 0 saturated carbocycles. The van der Waals surface area contributed by atoms with Gasteiger partial charge < -0.3 is 20.0 Å². The minimum Gasteiger partial charge on any atom is -0.544 e. The lowest BCUT2D eigenvalue weighted by atomic mass is 10.1. The third-order valence-corrected chi connectivity index (χ3v) is 4.04. The Hall–Kier alpha value is -2.86. The molecule has 0 spiro atoms. The van der Waals surface area contributed by atoms with Crippen molar-refractivity contribution in [3.63, 3.8) is 0 Å². The highest BCUT2D eigenvalue weighted by molar-refractivity contribution is 9.10. The first kappa shape index (κ1) is 16.0. The zero-order valence-electron chi connectivity index (χ0n) is 12.3. The second kappa shape index (κ2) is 6.72. The monoisotopic (exact) mass is 384 g/mol. The number of ether oxygens (including phenoxy) is 1. The molecule has 0 saturated heterocycles. The number of nitrogens with one attached hydrogen (secondary N) is 1. The normalized spacial score (nSPS) is 15.5. The molecule has 0 aromatic heterocycles. The number of carbonyl (C=O) groups is 2. The molecular weight excluding hydrogens is 374 g/mol. The molecule has 2 aromatic rings. The number of para-hydroxylation sites is 1. The van der Waals surface area contributed by atoms with E-state index in [1.165, 1.54) is 6.08 Å². The van der Waals surface area contributed by atoms with Crippen LogP contribution in [0.15, 0.2) is 76.3 Å². The van der Waals surface area contributed by atoms with E-state index in [-0.39, 0.29) is 11.6 Å². The summed E-state index contributed by atoms with van der Waals surface area (Å²) < 4.78 is 6.21. The van der Waals surface area contributed by atoms with Gasteiger partial charge in [0.05, 0.1) is 5.97 Å². The quantitative estimate of drug-likeness (QED) is 0.646. The highest BCUT2D eigenvalue weighted by atomic mass is 79.9. The van der Waals surface area contributed by atoms with E-state index < -0.39 is 17.3 Å². The van der Waals surface area contributed by atoms with Gasteiger partial charge in [0.25, 0.3) is 0 Å². The summed E-state index contributed by atoms with van der Waals surface area (Å²) in [6.45, 7) is 0. The number of halogens is 1. The highest BCUT2D eigenvalue weighted by Crippen LogP contribution is 2.29. The van der Waals surface area contributed by atoms with Gasteiger partial charge in [0, 0.05) is 10.2 Å². The number of Topliss-reactive ketones (excluding diaryl/α,β-unsaturated/α-hetero) is 1. The van der Waals surface area contributed by atoms with Gasteiger partial charge in [-0.2, -0.15) is 0 Å². The second-order valence-corrected chi connectivity index (χ2v) is 5.80. The van der Waals surface area contributed by atoms with E-state index in [2.05, 4.69) is 21.2 Å². The summed E-state index contributed by atoms with van der Waals surface area (Å²) in [6.07, 6.45) is 1.48. The van der Waals surface area contributed by atoms with Crippen molar-refractivity contribution in [2.45, 2.75) is 0 Å². The summed E-state index contributed by atoms with van der Waals surface area (Å²) in [6, 6.07) is 16.0. The summed E-state index contributed by atoms with van der Waals surface area (Å²) in [5.41, 5.74) is 0.762. The number of carboxylic acids is 1. The van der Waals surface area contributed by atoms with Gasteiger partial charge in [0.2, 0.25) is 11.7 Å². The van der Waals surface area contributed by atoms with Crippen molar-refractivity contribution < 1.29 is 19.4 Å². The standard InChI is InChI=1S/C18H12BrNO4/c19-13-9-5-4-6-11(13)10-14-16(21)15(18(22)23)17(24-14)20-12-7-2-1-3-8-12/h1-10,20H,(H,22,23)/p-1/b14-10-. The smallest absolute Gasteiger partial charge is 0.235 e. The van der Waals surface area contributed by atoms with Crippen molar-refractivity contribution in [3.05, 3.63) is 81.8 Å². The van der Waals surface area contributed by atoms with Crippen LogP contribution in [0.5, 0.6) is 0 Å². The molecule has 0 atom stereocenters. The first-order valence-electron chi connectivity index (χ1n) is 7.02. The predicted molar refractivity (Wildman–Crippen MR) is 90.3 cm³/mol. The number of carboxylic acid groups (broad SMARTS) is 1. The van der Waals surface area contributed by atoms with Crippen molar-refractivity contribution >= 4 is 39.4 Å². The first-order chi connectivity index (χ1) is 11.6. The zero-order valence-corrected chi connectivity index (χ0v) is 13.9. The molecule has 0 amide bonds. The molecule has 1 aliphatic heterocycles. The fourth-order valence-electron chi connectivity index (χ4n) is 2.19. The van der Waals surface area contributed by atoms with E-state index in [1.807, 2.05) is 18.2 Å². The predicted octanol–water partition coefficient (Wildman–Crippen LogP) is 2.46. The molecule has 1 aliphatic rings. The molecule has 1 N–H and O–H groups in total. The number of anilines is 1. The number of hydrogen-bond acceptors (Lipinski definition) is 5. The summed E-state index contributed by atoms with van der Waals surface area (Å²) in [5, 5.41) is 14.1. The highest BCUT2D eigenvalue weighted by Gasteiger charge is 2.31. The Labute approximate surface area is 146 Å². The van der Waals surface area contributed by atoms with Crippen LogP contribution in [0.4, 0.5) is 5.69 Å². The lowest BCUT2D eigenvalue weighted by molar-refractivity contribution is -0.298. The molecule has 0 fully saturated rings. The summed E-state index contributed by atoms with van der Waals surface area (Å²) in [5.74, 6) is -2.55. The van der Waals surface area contributed by atoms with E-state index in [0.29, 0.717) is 11.3 Å². The Kier molecular flexibility index (Phi) is 4.48. The van der Waals surface area contributed by atoms with E-state index in [0.717, 1.165) is 4.47 Å². The van der Waals surface area contributed by atoms with E-state index in [1.54, 1.807) is 36.4 Å². The topological polar surface area (TPSA) is 78.5 Å². The number of carbonyl (C=O) groups excluding carboxylic acids is 2. The van der Waals surface area contributed by atoms with Crippen LogP contribution >= 0.6 is 15.9 Å². The fourth-order valence-corrected chi connectivity index (χ4v) is 2.59. The molecule has 0 radical (unpaired) electrons. The Morgan fingerprint density at radius 3 is 2.42 bits per heavy atom. The van der Waals surface area contributed by atoms with Crippen LogP contribution in [0.3, 0.4) is 0 Å². The van der Waals surface area contributed by atoms with Crippen molar-refractivity contribution in [2.75, 3.05) is 5.32 Å². The number of allylic oxidation sites excluding steroid dienone is 1. The Bertz CT molecular complexity index is 872. The minimum atomic E-state index is -1.59. The molecule has 0 unspecified atom stereocenters. The van der Waals surface area contributed by atoms with Crippen molar-refractivity contribution in [2.24, 2.45) is 0 Å². The molecule has 2 aromatic carbocycles. The van der Waals surface area contributed by atoms with E-state index in [9.17, 15) is 14.7 Å². The third kappa shape index (κ3) is 3.23. The van der Waals surface area contributed by atoms with Gasteiger partial charge in [-0.05, 0) is 29.8 Å². The van der Waals surface area contributed by atoms with Gasteiger partial charge in [0.1, 0.15) is 5.57 Å². The van der Waals surface area contributed by atoms with Gasteiger partial charge in [-0.25, -0.2) is 0 Å². The second-order valence-electron chi connectivity index (χ2n) is 4.94. The molecule has 24 heavy (non-hydrogen) atoms. The summed E-state index contributed by atoms with van der Waals surface area (Å²) >= 11 is 3.37. The van der Waals surface area contributed by atoms with Crippen LogP contribution in [0.2, 0.25) is 0 Å². The lowest BCUT2D eigenvalue weighted by Gasteiger charge is -2.09. The SMILES string of the molecule is O=C([O-])C1=C(Nc2ccccc2)O/C(=C\c2ccccc2Br)C1=O. The molecule has 120 valence electrons. The minimum absolute atomic E-state index is 0.0838. The molecule has 5 nitrogen and oxygen atoms in total. The van der Waals surface area contributed by atoms with Gasteiger partial charge in [-0.3, -0.25) is 4.79 Å². The van der Waals surface area contributed by atoms with Crippen LogP contribution < -0.4 is 10.4 Å². The van der Waals surface area contributed by atoms with Crippen molar-refractivity contribution in [1.29, 1.82) is 0 Å². The first-order valence-corrected chi connectivity index (χ1v) is 7.82. The number of ketones is 1. The summed E-state index contributed by atoms with van der Waals surface area (Å²) in [7, 11) is 0. The maximum absolute atomic E-state index is 12.3. The molecule has 1 heterocycles. The summed E-state index contributed by atoms with van der Waals surface area (Å²) in [4.78, 5) is 23.7. The number of hydrogen-bond donors (Lipinski definition) is 1. The Morgan fingerprint density at radius 2 is 1.75 bits per heavy atom. The van der Waals surface area contributed by atoms with Gasteiger partial charge in [-0.1, -0.05) is 52.3 Å². The maximum Gasteiger partial charge on any atom is 0.235 e. The third-order valence-electron chi connectivity index (χ3n) is 3.32. The zero-order chi connectivity index (χ0) is 17.1. The largest absolute Gasteiger partial charge is 0.544 e. The average molecular weight is 385 g/mol. The molecular formula is C18H11BrNO4-. The van der Waals surface area contributed by atoms with E-state index >= 15 is 0 Å². The van der Waals surface area contributed by atoms with Crippen molar-refractivity contribution in [1.82, 2.24) is 0 Å². The van der Waals surface area contributed by atoms with Gasteiger partial charge in [0.15, 0.2) is 5.76 Å². The van der Waals surface area contributed by atoms with Crippen LogP contribution in [0.25, 0.3) is 6.08 Å². The molecule has 6 heteroatoms. The maximum atomic E-state index is 12.3. The average Bonchev–Trinajstić information content (AvgIpc) is 2.86. The fraction of sp³-hybridized carbons (Fsp3) is 0. The molecule has 0 bridgehead atoms. The van der Waals surface area contributed by atoms with Crippen LogP contribution in [-0.2, 0) is 14.3 Å². The number of benzene rings is 2. The Balaban J connectivity index is 1.95. The van der Waals surface area contributed by atoms with Gasteiger partial charge in [-0.15, -0.1) is 0 Å². The van der Waals surface area contributed by atoms with Crippen LogP contribution in [0, 0.1) is 0 Å².